The van der Waals surface area contributed by atoms with Crippen molar-refractivity contribution in [2.45, 2.75) is 6.54 Å². The van der Waals surface area contributed by atoms with Crippen LogP contribution in [0.1, 0.15) is 5.56 Å². The molecule has 0 atom stereocenters. The second-order valence-corrected chi connectivity index (χ2v) is 4.81. The Morgan fingerprint density at radius 3 is 2.82 bits per heavy atom. The maximum atomic E-state index is 12.8. The van der Waals surface area contributed by atoms with Crippen LogP contribution in [0, 0.1) is 5.82 Å². The van der Waals surface area contributed by atoms with Gasteiger partial charge >= 0.3 is 0 Å². The molecule has 2 rings (SSSR count). The van der Waals surface area contributed by atoms with Gasteiger partial charge in [-0.1, -0.05) is 11.6 Å². The Morgan fingerprint density at radius 2 is 2.12 bits per heavy atom. The largest absolute Gasteiger partial charge is 0.380 e. The number of hydrogen-bond acceptors (Lipinski definition) is 2. The highest BCUT2D eigenvalue weighted by atomic mass is 79.9. The van der Waals surface area contributed by atoms with E-state index in [-0.39, 0.29) is 5.82 Å². The number of nitrogens with zero attached hydrogens (tertiary/aromatic N) is 1. The average Bonchev–Trinajstić information content (AvgIpc) is 2.28. The van der Waals surface area contributed by atoms with Crippen molar-refractivity contribution in [2.75, 3.05) is 5.32 Å². The zero-order chi connectivity index (χ0) is 12.3. The van der Waals surface area contributed by atoms with Gasteiger partial charge in [0.2, 0.25) is 0 Å². The Bertz CT molecular complexity index is 534. The summed E-state index contributed by atoms with van der Waals surface area (Å²) in [5.41, 5.74) is 1.72. The van der Waals surface area contributed by atoms with E-state index in [1.54, 1.807) is 18.5 Å². The van der Waals surface area contributed by atoms with Crippen molar-refractivity contribution in [1.82, 2.24) is 4.98 Å². The number of rotatable bonds is 3. The summed E-state index contributed by atoms with van der Waals surface area (Å²) < 4.78 is 13.8. The van der Waals surface area contributed by atoms with Crippen LogP contribution in [0.2, 0.25) is 5.02 Å². The highest BCUT2D eigenvalue weighted by molar-refractivity contribution is 9.10. The van der Waals surface area contributed by atoms with Crippen molar-refractivity contribution in [3.05, 3.63) is 57.5 Å². The van der Waals surface area contributed by atoms with Gasteiger partial charge < -0.3 is 5.32 Å². The van der Waals surface area contributed by atoms with Crippen molar-refractivity contribution in [1.29, 1.82) is 0 Å². The molecule has 0 unspecified atom stereocenters. The van der Waals surface area contributed by atoms with Gasteiger partial charge in [0, 0.05) is 23.4 Å². The first-order chi connectivity index (χ1) is 8.15. The molecule has 1 aromatic carbocycles. The monoisotopic (exact) mass is 314 g/mol. The summed E-state index contributed by atoms with van der Waals surface area (Å²) in [5, 5.41) is 3.49. The standard InChI is InChI=1S/C12H9BrClFN2/c13-9-3-8(5-16-7-9)6-17-12-2-1-10(15)4-11(12)14/h1-5,7,17H,6H2. The van der Waals surface area contributed by atoms with Crippen molar-refractivity contribution < 1.29 is 4.39 Å². The molecule has 2 nitrogen and oxygen atoms in total. The molecule has 0 aliphatic heterocycles. The SMILES string of the molecule is Fc1ccc(NCc2cncc(Br)c2)c(Cl)c1. The lowest BCUT2D eigenvalue weighted by Crippen LogP contribution is -2.00. The molecule has 0 saturated heterocycles. The van der Waals surface area contributed by atoms with Crippen molar-refractivity contribution >= 4 is 33.2 Å². The molecule has 0 bridgehead atoms. The van der Waals surface area contributed by atoms with Crippen LogP contribution in [-0.4, -0.2) is 4.98 Å². The maximum absolute atomic E-state index is 12.8. The summed E-state index contributed by atoms with van der Waals surface area (Å²) in [7, 11) is 0. The highest BCUT2D eigenvalue weighted by Gasteiger charge is 2.02. The van der Waals surface area contributed by atoms with Gasteiger partial charge in [0.05, 0.1) is 10.7 Å². The number of nitrogens with one attached hydrogen (secondary N) is 1. The van der Waals surface area contributed by atoms with E-state index in [2.05, 4.69) is 26.2 Å². The number of pyridine rings is 1. The molecule has 0 fully saturated rings. The number of hydrogen-bond donors (Lipinski definition) is 1. The Balaban J connectivity index is 2.07. The lowest BCUT2D eigenvalue weighted by Gasteiger charge is -2.08. The molecule has 1 aromatic heterocycles. The fourth-order valence-corrected chi connectivity index (χ4v) is 2.03. The maximum Gasteiger partial charge on any atom is 0.124 e. The highest BCUT2D eigenvalue weighted by Crippen LogP contribution is 2.23. The van der Waals surface area contributed by atoms with Gasteiger partial charge in [0.1, 0.15) is 5.82 Å². The van der Waals surface area contributed by atoms with E-state index in [0.29, 0.717) is 17.3 Å². The topological polar surface area (TPSA) is 24.9 Å². The van der Waals surface area contributed by atoms with Gasteiger partial charge in [0.15, 0.2) is 0 Å². The quantitative estimate of drug-likeness (QED) is 0.916. The smallest absolute Gasteiger partial charge is 0.124 e. The molecule has 0 aliphatic carbocycles. The van der Waals surface area contributed by atoms with E-state index >= 15 is 0 Å². The molecule has 0 radical (unpaired) electrons. The van der Waals surface area contributed by atoms with Crippen LogP contribution in [0.15, 0.2) is 41.1 Å². The Hall–Kier alpha value is -1.13. The van der Waals surface area contributed by atoms with Gasteiger partial charge in [-0.25, -0.2) is 4.39 Å². The number of anilines is 1. The first kappa shape index (κ1) is 12.3. The first-order valence-corrected chi connectivity index (χ1v) is 6.10. The first-order valence-electron chi connectivity index (χ1n) is 4.93. The normalized spacial score (nSPS) is 10.3. The second kappa shape index (κ2) is 5.47. The minimum Gasteiger partial charge on any atom is -0.380 e. The molecule has 17 heavy (non-hydrogen) atoms. The molecule has 1 heterocycles. The molecular weight excluding hydrogens is 307 g/mol. The third-order valence-corrected chi connectivity index (χ3v) is 2.92. The fraction of sp³-hybridized carbons (Fsp3) is 0.0833. The predicted octanol–water partition coefficient (Wildman–Crippen LogP) is 4.25. The summed E-state index contributed by atoms with van der Waals surface area (Å²) in [6.07, 6.45) is 3.48. The van der Waals surface area contributed by atoms with Crippen LogP contribution >= 0.6 is 27.5 Å². The van der Waals surface area contributed by atoms with E-state index in [1.807, 2.05) is 6.07 Å². The van der Waals surface area contributed by atoms with Crippen molar-refractivity contribution in [2.24, 2.45) is 0 Å². The summed E-state index contributed by atoms with van der Waals surface area (Å²) in [5.74, 6) is -0.343. The van der Waals surface area contributed by atoms with Gasteiger partial charge in [-0.2, -0.15) is 0 Å². The molecule has 0 aliphatic rings. The van der Waals surface area contributed by atoms with E-state index in [4.69, 9.17) is 11.6 Å². The van der Waals surface area contributed by atoms with Crippen molar-refractivity contribution in [3.63, 3.8) is 0 Å². The van der Waals surface area contributed by atoms with Crippen LogP contribution in [-0.2, 0) is 6.54 Å². The summed E-state index contributed by atoms with van der Waals surface area (Å²) in [6.45, 7) is 0.581. The fourth-order valence-electron chi connectivity index (χ4n) is 1.38. The molecule has 0 saturated carbocycles. The van der Waals surface area contributed by atoms with Gasteiger partial charge in [-0.15, -0.1) is 0 Å². The number of halogens is 3. The van der Waals surface area contributed by atoms with Crippen LogP contribution in [0.25, 0.3) is 0 Å². The molecule has 88 valence electrons. The third kappa shape index (κ3) is 3.41. The molecule has 1 N–H and O–H groups in total. The van der Waals surface area contributed by atoms with Gasteiger partial charge in [-0.3, -0.25) is 4.98 Å². The Kier molecular flexibility index (Phi) is 3.97. The van der Waals surface area contributed by atoms with Crippen LogP contribution in [0.4, 0.5) is 10.1 Å². The minimum absolute atomic E-state index is 0.343. The average molecular weight is 316 g/mol. The Labute approximate surface area is 112 Å². The van der Waals surface area contributed by atoms with Crippen LogP contribution in [0.5, 0.6) is 0 Å². The summed E-state index contributed by atoms with van der Waals surface area (Å²) in [4.78, 5) is 4.05. The molecule has 5 heteroatoms. The van der Waals surface area contributed by atoms with E-state index < -0.39 is 0 Å². The summed E-state index contributed by atoms with van der Waals surface area (Å²) in [6, 6.07) is 6.22. The lowest BCUT2D eigenvalue weighted by molar-refractivity contribution is 0.628. The molecule has 2 aromatic rings. The number of benzene rings is 1. The predicted molar refractivity (Wildman–Crippen MR) is 70.7 cm³/mol. The lowest BCUT2D eigenvalue weighted by atomic mass is 10.2. The van der Waals surface area contributed by atoms with Gasteiger partial charge in [0.25, 0.3) is 0 Å². The zero-order valence-electron chi connectivity index (χ0n) is 8.75. The molecule has 0 spiro atoms. The Morgan fingerprint density at radius 1 is 1.29 bits per heavy atom. The number of aromatic nitrogens is 1. The zero-order valence-corrected chi connectivity index (χ0v) is 11.1. The summed E-state index contributed by atoms with van der Waals surface area (Å²) >= 11 is 9.25. The van der Waals surface area contributed by atoms with Gasteiger partial charge in [-0.05, 0) is 45.8 Å². The van der Waals surface area contributed by atoms with E-state index in [1.165, 1.54) is 12.1 Å². The van der Waals surface area contributed by atoms with Crippen LogP contribution < -0.4 is 5.32 Å². The van der Waals surface area contributed by atoms with Crippen molar-refractivity contribution in [3.8, 4) is 0 Å². The third-order valence-electron chi connectivity index (χ3n) is 2.18. The minimum atomic E-state index is -0.343. The van der Waals surface area contributed by atoms with E-state index in [0.717, 1.165) is 10.0 Å². The second-order valence-electron chi connectivity index (χ2n) is 3.49. The van der Waals surface area contributed by atoms with E-state index in [9.17, 15) is 4.39 Å². The van der Waals surface area contributed by atoms with Crippen LogP contribution in [0.3, 0.4) is 0 Å². The molecule has 0 amide bonds. The molecular formula is C12H9BrClFN2.